The summed E-state index contributed by atoms with van der Waals surface area (Å²) in [6, 6.07) is 3.77. The first-order valence-electron chi connectivity index (χ1n) is 5.89. The lowest BCUT2D eigenvalue weighted by Crippen LogP contribution is -1.88. The van der Waals surface area contributed by atoms with Gasteiger partial charge in [-0.15, -0.1) is 0 Å². The summed E-state index contributed by atoms with van der Waals surface area (Å²) in [5.41, 5.74) is 1.76. The summed E-state index contributed by atoms with van der Waals surface area (Å²) in [5.74, 6) is 2.57. The Balaban J connectivity index is 0.00000162. The van der Waals surface area contributed by atoms with Gasteiger partial charge in [0.1, 0.15) is 28.4 Å². The van der Waals surface area contributed by atoms with E-state index in [0.29, 0.717) is 0 Å². The number of ether oxygens (including phenoxy) is 2. The molecule has 1 aromatic carbocycles. The van der Waals surface area contributed by atoms with Crippen molar-refractivity contribution in [3.05, 3.63) is 18.0 Å². The first kappa shape index (κ1) is 14.3. The zero-order valence-corrected chi connectivity index (χ0v) is 11.2. The number of aromatic amines is 1. The average Bonchev–Trinajstić information content (AvgIpc) is 2.78. The van der Waals surface area contributed by atoms with E-state index in [1.807, 2.05) is 12.1 Å². The highest BCUT2D eigenvalue weighted by Gasteiger charge is 2.12. The van der Waals surface area contributed by atoms with E-state index in [4.69, 9.17) is 9.47 Å². The molecule has 0 unspecified atom stereocenters. The zero-order valence-electron chi connectivity index (χ0n) is 11.2. The predicted molar refractivity (Wildman–Crippen MR) is 72.8 cm³/mol. The minimum atomic E-state index is 0. The van der Waals surface area contributed by atoms with Crippen LogP contribution in [0.5, 0.6) is 11.5 Å². The normalized spacial score (nSPS) is 10.2. The van der Waals surface area contributed by atoms with Gasteiger partial charge in [-0.05, 0) is 18.6 Å². The van der Waals surface area contributed by atoms with Gasteiger partial charge in [-0.25, -0.2) is 4.98 Å². The van der Waals surface area contributed by atoms with E-state index >= 15 is 0 Å². The molecule has 100 valence electrons. The zero-order chi connectivity index (χ0) is 12.3. The molecule has 0 aliphatic rings. The van der Waals surface area contributed by atoms with Crippen molar-refractivity contribution in [2.24, 2.45) is 0 Å². The van der Waals surface area contributed by atoms with Crippen molar-refractivity contribution < 1.29 is 9.47 Å². The molecule has 0 atom stereocenters. The van der Waals surface area contributed by atoms with Crippen LogP contribution in [-0.4, -0.2) is 24.2 Å². The van der Waals surface area contributed by atoms with Gasteiger partial charge >= 0.3 is 0 Å². The summed E-state index contributed by atoms with van der Waals surface area (Å²) in [7, 11) is 3.31. The highest BCUT2D eigenvalue weighted by Crippen LogP contribution is 2.31. The molecule has 0 fully saturated rings. The molecule has 1 heterocycles. The van der Waals surface area contributed by atoms with Crippen molar-refractivity contribution in [2.75, 3.05) is 14.2 Å². The third-order valence-corrected chi connectivity index (χ3v) is 2.83. The van der Waals surface area contributed by atoms with Crippen LogP contribution in [0.15, 0.2) is 12.1 Å². The Bertz CT molecular complexity index is 467. The fraction of sp³-hybridized carbons (Fsp3) is 0.462. The third kappa shape index (κ3) is 2.56. The van der Waals surface area contributed by atoms with Crippen LogP contribution in [-0.2, 0) is 6.42 Å². The van der Waals surface area contributed by atoms with Gasteiger partial charge in [0.25, 0.3) is 0 Å². The van der Waals surface area contributed by atoms with E-state index in [1.165, 1.54) is 0 Å². The fourth-order valence-corrected chi connectivity index (χ4v) is 1.89. The molecule has 0 amide bonds. The molecule has 5 heteroatoms. The molecule has 2 aromatic rings. The molecule has 1 aromatic heterocycles. The number of nitrogens with zero attached hydrogens (tertiary/aromatic N) is 1. The Morgan fingerprint density at radius 2 is 1.83 bits per heavy atom. The van der Waals surface area contributed by atoms with Crippen LogP contribution in [0.2, 0.25) is 0 Å². The van der Waals surface area contributed by atoms with Crippen LogP contribution in [0.1, 0.15) is 25.6 Å². The minimum absolute atomic E-state index is 0. The van der Waals surface area contributed by atoms with Gasteiger partial charge in [-0.1, -0.05) is 13.3 Å². The lowest BCUT2D eigenvalue weighted by atomic mass is 10.2. The van der Waals surface area contributed by atoms with Crippen LogP contribution in [0.25, 0.3) is 11.0 Å². The fourth-order valence-electron chi connectivity index (χ4n) is 1.89. The molecule has 0 radical (unpaired) electrons. The Labute approximate surface area is 107 Å². The molecule has 0 saturated carbocycles. The molecule has 0 saturated heterocycles. The topological polar surface area (TPSA) is 82.1 Å². The van der Waals surface area contributed by atoms with Gasteiger partial charge in [0.2, 0.25) is 0 Å². The van der Waals surface area contributed by atoms with Crippen molar-refractivity contribution in [3.63, 3.8) is 0 Å². The maximum atomic E-state index is 5.32. The molecular weight excluding hydrogens is 230 g/mol. The number of rotatable bonds is 5. The predicted octanol–water partition coefficient (Wildman–Crippen LogP) is 3.08. The van der Waals surface area contributed by atoms with Crippen LogP contribution < -0.4 is 15.6 Å². The second kappa shape index (κ2) is 6.26. The van der Waals surface area contributed by atoms with Gasteiger partial charge in [0, 0.05) is 6.42 Å². The third-order valence-electron chi connectivity index (χ3n) is 2.83. The standard InChI is InChI=1S/C13H18N2O2.H3N/c1-4-5-6-11-14-12-9(16-2)7-8-10(17-3)13(12)15-11;/h7-8H,4-6H2,1-3H3,(H,14,15);1H3. The van der Waals surface area contributed by atoms with Gasteiger partial charge in [0.05, 0.1) is 14.2 Å². The molecule has 0 spiro atoms. The van der Waals surface area contributed by atoms with E-state index in [-0.39, 0.29) is 6.15 Å². The number of aromatic nitrogens is 2. The molecule has 0 aliphatic heterocycles. The Morgan fingerprint density at radius 1 is 1.17 bits per heavy atom. The van der Waals surface area contributed by atoms with Gasteiger partial charge < -0.3 is 20.6 Å². The summed E-state index contributed by atoms with van der Waals surface area (Å²) in [4.78, 5) is 7.88. The number of benzene rings is 1. The summed E-state index contributed by atoms with van der Waals surface area (Å²) >= 11 is 0. The number of unbranched alkanes of at least 4 members (excludes halogenated alkanes) is 1. The smallest absolute Gasteiger partial charge is 0.146 e. The lowest BCUT2D eigenvalue weighted by Gasteiger charge is -2.04. The van der Waals surface area contributed by atoms with Crippen LogP contribution in [0.3, 0.4) is 0 Å². The number of hydrogen-bond donors (Lipinski definition) is 2. The van der Waals surface area contributed by atoms with Gasteiger partial charge in [-0.3, -0.25) is 0 Å². The van der Waals surface area contributed by atoms with Crippen molar-refractivity contribution in [1.82, 2.24) is 16.1 Å². The second-order valence-corrected chi connectivity index (χ2v) is 3.98. The van der Waals surface area contributed by atoms with E-state index in [9.17, 15) is 0 Å². The Hall–Kier alpha value is -1.75. The Morgan fingerprint density at radius 3 is 2.44 bits per heavy atom. The van der Waals surface area contributed by atoms with E-state index in [1.54, 1.807) is 14.2 Å². The highest BCUT2D eigenvalue weighted by molar-refractivity contribution is 5.87. The molecule has 0 aliphatic carbocycles. The van der Waals surface area contributed by atoms with Crippen LogP contribution in [0.4, 0.5) is 0 Å². The molecule has 4 N–H and O–H groups in total. The lowest BCUT2D eigenvalue weighted by molar-refractivity contribution is 0.409. The number of methoxy groups -OCH3 is 2. The monoisotopic (exact) mass is 251 g/mol. The molecule has 18 heavy (non-hydrogen) atoms. The summed E-state index contributed by atoms with van der Waals surface area (Å²) < 4.78 is 10.6. The maximum Gasteiger partial charge on any atom is 0.146 e. The summed E-state index contributed by atoms with van der Waals surface area (Å²) in [5, 5.41) is 0. The number of aryl methyl sites for hydroxylation is 1. The minimum Gasteiger partial charge on any atom is -0.494 e. The van der Waals surface area contributed by atoms with E-state index in [0.717, 1.165) is 47.6 Å². The SMILES string of the molecule is CCCCc1nc2c(OC)ccc(OC)c2[nH]1.N. The van der Waals surface area contributed by atoms with Gasteiger partial charge in [0.15, 0.2) is 0 Å². The first-order chi connectivity index (χ1) is 8.30. The van der Waals surface area contributed by atoms with Gasteiger partial charge in [-0.2, -0.15) is 0 Å². The van der Waals surface area contributed by atoms with Crippen molar-refractivity contribution in [1.29, 1.82) is 0 Å². The molecule has 5 nitrogen and oxygen atoms in total. The van der Waals surface area contributed by atoms with E-state index < -0.39 is 0 Å². The van der Waals surface area contributed by atoms with Crippen molar-refractivity contribution in [2.45, 2.75) is 26.2 Å². The van der Waals surface area contributed by atoms with Crippen LogP contribution in [0, 0.1) is 0 Å². The number of H-pyrrole nitrogens is 1. The second-order valence-electron chi connectivity index (χ2n) is 3.98. The number of nitrogens with one attached hydrogen (secondary N) is 1. The highest BCUT2D eigenvalue weighted by atomic mass is 16.5. The quantitative estimate of drug-likeness (QED) is 0.855. The first-order valence-corrected chi connectivity index (χ1v) is 5.89. The maximum absolute atomic E-state index is 5.32. The van der Waals surface area contributed by atoms with Crippen LogP contribution >= 0.6 is 0 Å². The van der Waals surface area contributed by atoms with Crippen molar-refractivity contribution in [3.8, 4) is 11.5 Å². The number of fused-ring (bicyclic) bond motifs is 1. The number of hydrogen-bond acceptors (Lipinski definition) is 4. The average molecular weight is 251 g/mol. The Kier molecular flexibility index (Phi) is 4.97. The molecule has 2 rings (SSSR count). The largest absolute Gasteiger partial charge is 0.494 e. The molecular formula is C13H21N3O2. The van der Waals surface area contributed by atoms with Crippen molar-refractivity contribution >= 4 is 11.0 Å². The summed E-state index contributed by atoms with van der Waals surface area (Å²) in [6.45, 7) is 2.17. The molecule has 0 bridgehead atoms. The summed E-state index contributed by atoms with van der Waals surface area (Å²) in [6.07, 6.45) is 3.24. The van der Waals surface area contributed by atoms with E-state index in [2.05, 4.69) is 16.9 Å². The number of imidazole rings is 1.